The molecule has 2 saturated heterocycles. The van der Waals surface area contributed by atoms with Gasteiger partial charge in [0, 0.05) is 54.9 Å². The van der Waals surface area contributed by atoms with Gasteiger partial charge in [0.15, 0.2) is 0 Å². The van der Waals surface area contributed by atoms with Crippen molar-refractivity contribution in [3.63, 3.8) is 0 Å². The summed E-state index contributed by atoms with van der Waals surface area (Å²) in [4.78, 5) is 20.5. The zero-order valence-electron chi connectivity index (χ0n) is 15.7. The van der Waals surface area contributed by atoms with Crippen molar-refractivity contribution in [3.8, 4) is 0 Å². The maximum Gasteiger partial charge on any atom is 0.270 e. The fourth-order valence-corrected chi connectivity index (χ4v) is 4.36. The van der Waals surface area contributed by atoms with Crippen LogP contribution in [0.4, 0.5) is 5.69 Å². The molecule has 2 aromatic rings. The first-order valence-corrected chi connectivity index (χ1v) is 10.3. The number of fused-ring (bicyclic) bond motifs is 1. The third-order valence-corrected chi connectivity index (χ3v) is 6.11. The molecule has 6 nitrogen and oxygen atoms in total. The Morgan fingerprint density at radius 2 is 1.81 bits per heavy atom. The summed E-state index contributed by atoms with van der Waals surface area (Å²) in [5.41, 5.74) is 2.83. The van der Waals surface area contributed by atoms with Gasteiger partial charge < -0.3 is 24.8 Å². The second-order valence-electron chi connectivity index (χ2n) is 8.08. The molecule has 0 spiro atoms. The first-order chi connectivity index (χ1) is 13.3. The number of likely N-dealkylation sites (tertiary alicyclic amines) is 1. The Kier molecular flexibility index (Phi) is 4.53. The number of nitrogens with one attached hydrogen (secondary N) is 2. The molecule has 0 radical (unpaired) electrons. The van der Waals surface area contributed by atoms with E-state index in [1.165, 1.54) is 38.8 Å². The number of morpholine rings is 1. The summed E-state index contributed by atoms with van der Waals surface area (Å²) < 4.78 is 5.34. The molecule has 6 heteroatoms. The van der Waals surface area contributed by atoms with Crippen LogP contribution < -0.4 is 5.32 Å². The predicted molar refractivity (Wildman–Crippen MR) is 106 cm³/mol. The maximum absolute atomic E-state index is 12.7. The van der Waals surface area contributed by atoms with Crippen LogP contribution in [0.5, 0.6) is 0 Å². The quantitative estimate of drug-likeness (QED) is 0.871. The molecule has 144 valence electrons. The number of ether oxygens (including phenoxy) is 1. The molecule has 0 bridgehead atoms. The van der Waals surface area contributed by atoms with Crippen LogP contribution in [0.3, 0.4) is 0 Å². The van der Waals surface area contributed by atoms with Crippen LogP contribution in [0, 0.1) is 0 Å². The van der Waals surface area contributed by atoms with E-state index in [-0.39, 0.29) is 5.91 Å². The lowest BCUT2D eigenvalue weighted by Crippen LogP contribution is -2.40. The molecular formula is C21H28N4O2. The number of piperidine rings is 1. The number of hydrogen-bond donors (Lipinski definition) is 2. The molecule has 1 saturated carbocycles. The molecule has 2 N–H and O–H groups in total. The van der Waals surface area contributed by atoms with E-state index >= 15 is 0 Å². The molecular weight excluding hydrogens is 340 g/mol. The highest BCUT2D eigenvalue weighted by molar-refractivity contribution is 5.98. The van der Waals surface area contributed by atoms with E-state index in [1.807, 2.05) is 11.0 Å². The molecule has 3 fully saturated rings. The minimum Gasteiger partial charge on any atom is -0.382 e. The van der Waals surface area contributed by atoms with Gasteiger partial charge in [-0.05, 0) is 49.9 Å². The minimum atomic E-state index is 0.0662. The van der Waals surface area contributed by atoms with Gasteiger partial charge in [-0.25, -0.2) is 0 Å². The SMILES string of the molecule is O=C(c1cc2cc(NC3CCN(C4CC4)CC3)ccc2[nH]1)N1CCOCC1. The van der Waals surface area contributed by atoms with Crippen LogP contribution in [-0.2, 0) is 4.74 Å². The first-order valence-electron chi connectivity index (χ1n) is 10.3. The van der Waals surface area contributed by atoms with Crippen molar-refractivity contribution < 1.29 is 9.53 Å². The van der Waals surface area contributed by atoms with Gasteiger partial charge in [0.25, 0.3) is 5.91 Å². The van der Waals surface area contributed by atoms with Gasteiger partial charge in [0.05, 0.1) is 13.2 Å². The van der Waals surface area contributed by atoms with E-state index in [9.17, 15) is 4.79 Å². The highest BCUT2D eigenvalue weighted by Crippen LogP contribution is 2.30. The van der Waals surface area contributed by atoms with Crippen molar-refractivity contribution in [2.24, 2.45) is 0 Å². The number of aromatic amines is 1. The molecule has 1 amide bonds. The van der Waals surface area contributed by atoms with Crippen molar-refractivity contribution >= 4 is 22.5 Å². The van der Waals surface area contributed by atoms with Crippen molar-refractivity contribution in [1.29, 1.82) is 0 Å². The Bertz CT molecular complexity index is 815. The van der Waals surface area contributed by atoms with E-state index in [0.29, 0.717) is 38.0 Å². The van der Waals surface area contributed by atoms with Crippen LogP contribution in [0.1, 0.15) is 36.2 Å². The van der Waals surface area contributed by atoms with Gasteiger partial charge >= 0.3 is 0 Å². The molecule has 3 aliphatic rings. The van der Waals surface area contributed by atoms with E-state index in [4.69, 9.17) is 4.74 Å². The second-order valence-corrected chi connectivity index (χ2v) is 8.08. The van der Waals surface area contributed by atoms with E-state index in [2.05, 4.69) is 33.4 Å². The molecule has 5 rings (SSSR count). The standard InChI is InChI=1S/C21H28N4O2/c26-21(25-9-11-27-12-10-25)20-14-15-13-17(1-4-19(15)23-20)22-16-5-7-24(8-6-16)18-2-3-18/h1,4,13-14,16,18,22-23H,2-3,5-12H2. The summed E-state index contributed by atoms with van der Waals surface area (Å²) in [6.07, 6.45) is 5.21. The third-order valence-electron chi connectivity index (χ3n) is 6.11. The van der Waals surface area contributed by atoms with Gasteiger partial charge in [0.2, 0.25) is 0 Å². The normalized spacial score (nSPS) is 22.3. The number of rotatable bonds is 4. The molecule has 1 aromatic carbocycles. The lowest BCUT2D eigenvalue weighted by Gasteiger charge is -2.32. The largest absolute Gasteiger partial charge is 0.382 e. The van der Waals surface area contributed by atoms with E-state index < -0.39 is 0 Å². The number of anilines is 1. The van der Waals surface area contributed by atoms with Crippen LogP contribution in [0.2, 0.25) is 0 Å². The molecule has 1 aromatic heterocycles. The van der Waals surface area contributed by atoms with Gasteiger partial charge in [0.1, 0.15) is 5.69 Å². The average molecular weight is 368 g/mol. The Balaban J connectivity index is 1.25. The number of benzene rings is 1. The summed E-state index contributed by atoms with van der Waals surface area (Å²) in [6, 6.07) is 9.76. The van der Waals surface area contributed by atoms with Crippen molar-refractivity contribution in [1.82, 2.24) is 14.8 Å². The number of aromatic nitrogens is 1. The number of H-pyrrole nitrogens is 1. The lowest BCUT2D eigenvalue weighted by atomic mass is 10.0. The fraction of sp³-hybridized carbons (Fsp3) is 0.571. The summed E-state index contributed by atoms with van der Waals surface area (Å²) in [6.45, 7) is 5.01. The van der Waals surface area contributed by atoms with Crippen LogP contribution in [-0.4, -0.2) is 72.2 Å². The van der Waals surface area contributed by atoms with Crippen molar-refractivity contribution in [2.45, 2.75) is 37.8 Å². The van der Waals surface area contributed by atoms with Crippen molar-refractivity contribution in [3.05, 3.63) is 30.0 Å². The molecule has 2 aliphatic heterocycles. The topological polar surface area (TPSA) is 60.6 Å². The predicted octanol–water partition coefficient (Wildman–Crippen LogP) is 2.68. The Morgan fingerprint density at radius 3 is 2.56 bits per heavy atom. The third kappa shape index (κ3) is 3.69. The summed E-state index contributed by atoms with van der Waals surface area (Å²) in [7, 11) is 0. The monoisotopic (exact) mass is 368 g/mol. The van der Waals surface area contributed by atoms with Gasteiger partial charge in [-0.2, -0.15) is 0 Å². The molecule has 0 atom stereocenters. The summed E-state index contributed by atoms with van der Waals surface area (Å²) in [5.74, 6) is 0.0662. The van der Waals surface area contributed by atoms with Gasteiger partial charge in [-0.1, -0.05) is 0 Å². The van der Waals surface area contributed by atoms with E-state index in [1.54, 1.807) is 0 Å². The van der Waals surface area contributed by atoms with Gasteiger partial charge in [-0.15, -0.1) is 0 Å². The average Bonchev–Trinajstić information content (AvgIpc) is 3.47. The van der Waals surface area contributed by atoms with Gasteiger partial charge in [-0.3, -0.25) is 4.79 Å². The van der Waals surface area contributed by atoms with Crippen LogP contribution in [0.15, 0.2) is 24.3 Å². The molecule has 1 aliphatic carbocycles. The number of carbonyl (C=O) groups excluding carboxylic acids is 1. The van der Waals surface area contributed by atoms with Crippen LogP contribution in [0.25, 0.3) is 10.9 Å². The minimum absolute atomic E-state index is 0.0662. The Hall–Kier alpha value is -2.05. The molecule has 0 unspecified atom stereocenters. The number of amides is 1. The highest BCUT2D eigenvalue weighted by Gasteiger charge is 2.31. The number of nitrogens with zero attached hydrogens (tertiary/aromatic N) is 2. The summed E-state index contributed by atoms with van der Waals surface area (Å²) >= 11 is 0. The zero-order chi connectivity index (χ0) is 18.2. The zero-order valence-corrected chi connectivity index (χ0v) is 15.7. The van der Waals surface area contributed by atoms with E-state index in [0.717, 1.165) is 22.6 Å². The first kappa shape index (κ1) is 17.1. The Labute approximate surface area is 159 Å². The van der Waals surface area contributed by atoms with Crippen molar-refractivity contribution in [2.75, 3.05) is 44.7 Å². The number of carbonyl (C=O) groups is 1. The fourth-order valence-electron chi connectivity index (χ4n) is 4.36. The lowest BCUT2D eigenvalue weighted by molar-refractivity contribution is 0.0299. The molecule has 27 heavy (non-hydrogen) atoms. The smallest absolute Gasteiger partial charge is 0.270 e. The van der Waals surface area contributed by atoms with Crippen LogP contribution >= 0.6 is 0 Å². The highest BCUT2D eigenvalue weighted by atomic mass is 16.5. The maximum atomic E-state index is 12.7. The number of hydrogen-bond acceptors (Lipinski definition) is 4. The Morgan fingerprint density at radius 1 is 1.04 bits per heavy atom. The summed E-state index contributed by atoms with van der Waals surface area (Å²) in [5, 5.41) is 4.79. The molecule has 3 heterocycles. The second kappa shape index (κ2) is 7.17.